The molecule has 0 fully saturated rings. The smallest absolute Gasteiger partial charge is 0.301 e. The summed E-state index contributed by atoms with van der Waals surface area (Å²) in [6, 6.07) is 7.34. The molecular weight excluding hydrogens is 250 g/mol. The molecule has 0 heterocycles. The van der Waals surface area contributed by atoms with Gasteiger partial charge in [-0.3, -0.25) is 4.72 Å². The molecule has 1 rings (SSSR count). The van der Waals surface area contributed by atoms with E-state index in [1.54, 1.807) is 12.1 Å². The van der Waals surface area contributed by atoms with Crippen molar-refractivity contribution in [3.05, 3.63) is 29.8 Å². The Bertz CT molecular complexity index is 453. The van der Waals surface area contributed by atoms with Crippen molar-refractivity contribution >= 4 is 15.9 Å². The first-order valence-corrected chi connectivity index (χ1v) is 7.49. The molecule has 18 heavy (non-hydrogen) atoms. The Hall–Kier alpha value is -1.11. The van der Waals surface area contributed by atoms with E-state index in [1.165, 1.54) is 4.31 Å². The van der Waals surface area contributed by atoms with E-state index < -0.39 is 10.2 Å². The third-order valence-electron chi connectivity index (χ3n) is 2.63. The maximum absolute atomic E-state index is 12.0. The van der Waals surface area contributed by atoms with Crippen LogP contribution in [-0.4, -0.2) is 32.9 Å². The molecule has 0 unspecified atom stereocenters. The lowest BCUT2D eigenvalue weighted by Gasteiger charge is -2.19. The Morgan fingerprint density at radius 2 is 1.67 bits per heavy atom. The molecule has 1 aromatic carbocycles. The molecule has 0 aliphatic carbocycles. The number of rotatable bonds is 7. The monoisotopic (exact) mass is 271 g/mol. The Morgan fingerprint density at radius 3 is 2.11 bits per heavy atom. The third kappa shape index (κ3) is 3.97. The predicted molar refractivity (Wildman–Crippen MR) is 74.7 cm³/mol. The van der Waals surface area contributed by atoms with Gasteiger partial charge in [0.05, 0.1) is 0 Å². The zero-order valence-electron chi connectivity index (χ0n) is 11.1. The number of anilines is 1. The molecule has 1 aromatic rings. The summed E-state index contributed by atoms with van der Waals surface area (Å²) in [5.74, 6) is 0. The summed E-state index contributed by atoms with van der Waals surface area (Å²) in [7, 11) is -1.56. The zero-order chi connectivity index (χ0) is 13.6. The third-order valence-corrected chi connectivity index (χ3v) is 4.32. The van der Waals surface area contributed by atoms with Gasteiger partial charge in [-0.25, -0.2) is 0 Å². The Labute approximate surface area is 109 Å². The number of nitrogens with zero attached hydrogens (tertiary/aromatic N) is 1. The van der Waals surface area contributed by atoms with Gasteiger partial charge in [-0.15, -0.1) is 0 Å². The van der Waals surface area contributed by atoms with Gasteiger partial charge in [0.1, 0.15) is 0 Å². The van der Waals surface area contributed by atoms with Crippen molar-refractivity contribution in [2.75, 3.05) is 24.9 Å². The summed E-state index contributed by atoms with van der Waals surface area (Å²) < 4.78 is 27.9. The maximum Gasteiger partial charge on any atom is 0.301 e. The second-order valence-electron chi connectivity index (χ2n) is 3.92. The van der Waals surface area contributed by atoms with Gasteiger partial charge < -0.3 is 5.32 Å². The number of benzene rings is 1. The Kier molecular flexibility index (Phi) is 5.58. The molecular formula is C12H21N3O2S. The summed E-state index contributed by atoms with van der Waals surface area (Å²) in [6.07, 6.45) is 0. The number of hydrogen-bond donors (Lipinski definition) is 2. The number of hydrogen-bond acceptors (Lipinski definition) is 3. The van der Waals surface area contributed by atoms with Crippen LogP contribution in [-0.2, 0) is 16.8 Å². The van der Waals surface area contributed by atoms with Crippen LogP contribution < -0.4 is 10.0 Å². The lowest BCUT2D eigenvalue weighted by atomic mass is 10.2. The molecule has 0 saturated carbocycles. The van der Waals surface area contributed by atoms with Gasteiger partial charge in [-0.1, -0.05) is 26.0 Å². The van der Waals surface area contributed by atoms with Crippen LogP contribution in [0.2, 0.25) is 0 Å². The fraction of sp³-hybridized carbons (Fsp3) is 0.500. The van der Waals surface area contributed by atoms with Crippen LogP contribution in [0.4, 0.5) is 5.69 Å². The van der Waals surface area contributed by atoms with Gasteiger partial charge in [-0.05, 0) is 24.7 Å². The lowest BCUT2D eigenvalue weighted by Crippen LogP contribution is -2.35. The first-order valence-electron chi connectivity index (χ1n) is 6.05. The van der Waals surface area contributed by atoms with Crippen LogP contribution >= 0.6 is 0 Å². The summed E-state index contributed by atoms with van der Waals surface area (Å²) in [5, 5.41) is 3.04. The van der Waals surface area contributed by atoms with E-state index in [4.69, 9.17) is 0 Å². The topological polar surface area (TPSA) is 61.4 Å². The maximum atomic E-state index is 12.0. The summed E-state index contributed by atoms with van der Waals surface area (Å²) in [4.78, 5) is 0. The molecule has 0 amide bonds. The van der Waals surface area contributed by atoms with Gasteiger partial charge >= 0.3 is 10.2 Å². The fourth-order valence-electron chi connectivity index (χ4n) is 1.67. The van der Waals surface area contributed by atoms with E-state index in [2.05, 4.69) is 10.0 Å². The molecule has 6 heteroatoms. The quantitative estimate of drug-likeness (QED) is 0.788. The van der Waals surface area contributed by atoms with Crippen molar-refractivity contribution in [3.8, 4) is 0 Å². The average Bonchev–Trinajstić information content (AvgIpc) is 2.33. The molecule has 0 bridgehead atoms. The van der Waals surface area contributed by atoms with Crippen LogP contribution in [0.5, 0.6) is 0 Å². The predicted octanol–water partition coefficient (Wildman–Crippen LogP) is 1.40. The standard InChI is InChI=1S/C12H21N3O2S/c1-4-15(5-2)18(16,17)14-12-8-6-11(7-9-12)10-13-3/h6-9,13-14H,4-5,10H2,1-3H3. The molecule has 0 aromatic heterocycles. The van der Waals surface area contributed by atoms with Crippen molar-refractivity contribution in [1.82, 2.24) is 9.62 Å². The zero-order valence-corrected chi connectivity index (χ0v) is 11.9. The highest BCUT2D eigenvalue weighted by Gasteiger charge is 2.17. The highest BCUT2D eigenvalue weighted by atomic mass is 32.2. The Balaban J connectivity index is 2.78. The van der Waals surface area contributed by atoms with E-state index in [0.29, 0.717) is 18.8 Å². The van der Waals surface area contributed by atoms with Gasteiger partial charge in [0.25, 0.3) is 0 Å². The molecule has 102 valence electrons. The van der Waals surface area contributed by atoms with E-state index in [0.717, 1.165) is 12.1 Å². The van der Waals surface area contributed by atoms with E-state index in [1.807, 2.05) is 33.0 Å². The van der Waals surface area contributed by atoms with Gasteiger partial charge in [0, 0.05) is 25.3 Å². The fourth-order valence-corrected chi connectivity index (χ4v) is 2.91. The normalized spacial score (nSPS) is 11.8. The molecule has 0 spiro atoms. The van der Waals surface area contributed by atoms with Crippen molar-refractivity contribution in [2.24, 2.45) is 0 Å². The minimum absolute atomic E-state index is 0.462. The molecule has 0 radical (unpaired) electrons. The van der Waals surface area contributed by atoms with Crippen LogP contribution in [0.15, 0.2) is 24.3 Å². The molecule has 0 atom stereocenters. The van der Waals surface area contributed by atoms with Gasteiger partial charge in [0.2, 0.25) is 0 Å². The lowest BCUT2D eigenvalue weighted by molar-refractivity contribution is 0.449. The first kappa shape index (κ1) is 14.9. The second kappa shape index (κ2) is 6.72. The minimum atomic E-state index is -3.43. The molecule has 2 N–H and O–H groups in total. The van der Waals surface area contributed by atoms with E-state index in [-0.39, 0.29) is 0 Å². The summed E-state index contributed by atoms with van der Waals surface area (Å²) in [5.41, 5.74) is 1.70. The van der Waals surface area contributed by atoms with Crippen molar-refractivity contribution in [2.45, 2.75) is 20.4 Å². The summed E-state index contributed by atoms with van der Waals surface area (Å²) in [6.45, 7) is 5.33. The molecule has 0 aliphatic heterocycles. The van der Waals surface area contributed by atoms with Crippen molar-refractivity contribution in [3.63, 3.8) is 0 Å². The van der Waals surface area contributed by atoms with Crippen molar-refractivity contribution in [1.29, 1.82) is 0 Å². The molecule has 0 aliphatic rings. The first-order chi connectivity index (χ1) is 8.53. The second-order valence-corrected chi connectivity index (χ2v) is 5.59. The summed E-state index contributed by atoms with van der Waals surface area (Å²) >= 11 is 0. The number of nitrogens with one attached hydrogen (secondary N) is 2. The molecule has 5 nitrogen and oxygen atoms in total. The minimum Gasteiger partial charge on any atom is -0.316 e. The van der Waals surface area contributed by atoms with E-state index in [9.17, 15) is 8.42 Å². The SMILES string of the molecule is CCN(CC)S(=O)(=O)Nc1ccc(CNC)cc1. The highest BCUT2D eigenvalue weighted by molar-refractivity contribution is 7.90. The highest BCUT2D eigenvalue weighted by Crippen LogP contribution is 2.13. The molecule has 0 saturated heterocycles. The van der Waals surface area contributed by atoms with E-state index >= 15 is 0 Å². The van der Waals surface area contributed by atoms with Crippen molar-refractivity contribution < 1.29 is 8.42 Å². The Morgan fingerprint density at radius 1 is 1.11 bits per heavy atom. The average molecular weight is 271 g/mol. The van der Waals surface area contributed by atoms with Crippen LogP contribution in [0, 0.1) is 0 Å². The van der Waals surface area contributed by atoms with Crippen LogP contribution in [0.3, 0.4) is 0 Å². The van der Waals surface area contributed by atoms with Gasteiger partial charge in [-0.2, -0.15) is 12.7 Å². The van der Waals surface area contributed by atoms with Crippen LogP contribution in [0.25, 0.3) is 0 Å². The van der Waals surface area contributed by atoms with Crippen LogP contribution in [0.1, 0.15) is 19.4 Å². The van der Waals surface area contributed by atoms with Gasteiger partial charge in [0.15, 0.2) is 0 Å². The largest absolute Gasteiger partial charge is 0.316 e.